The molecular formula is C77H116O6. The molecule has 0 aromatic carbocycles. The van der Waals surface area contributed by atoms with Crippen LogP contribution < -0.4 is 0 Å². The van der Waals surface area contributed by atoms with Gasteiger partial charge < -0.3 is 14.2 Å². The molecule has 0 aliphatic rings. The SMILES string of the molecule is CC/C=C\C/C=C\C/C=C\C/C=C\C/C=C\C/C=C\C/C=C\C/C=C\C/C=C\CCCCCCCC(=O)OCC(COC(=O)CCCCC/C=C\C/C=C\C/C=C\CC)OC(=O)CCCCC/C=C\C/C=C\C/C=C\C/C=C\C/C=C\CC. The Morgan fingerprint density at radius 3 is 0.687 bits per heavy atom. The van der Waals surface area contributed by atoms with Crippen LogP contribution in [0.25, 0.3) is 0 Å². The molecule has 0 bridgehead atoms. The fourth-order valence-electron chi connectivity index (χ4n) is 8.00. The van der Waals surface area contributed by atoms with E-state index in [9.17, 15) is 14.4 Å². The molecular weight excluding hydrogens is 1020 g/mol. The number of carbonyl (C=O) groups is 3. The fraction of sp³-hybridized carbons (Fsp3) is 0.519. The van der Waals surface area contributed by atoms with Gasteiger partial charge in [0, 0.05) is 19.3 Å². The molecule has 0 amide bonds. The highest BCUT2D eigenvalue weighted by Crippen LogP contribution is 2.12. The minimum atomic E-state index is -0.830. The third-order valence-electron chi connectivity index (χ3n) is 12.8. The normalized spacial score (nSPS) is 13.5. The van der Waals surface area contributed by atoms with Crippen LogP contribution in [0.4, 0.5) is 0 Å². The lowest BCUT2D eigenvalue weighted by Crippen LogP contribution is -2.30. The number of hydrogen-bond acceptors (Lipinski definition) is 6. The summed E-state index contributed by atoms with van der Waals surface area (Å²) in [7, 11) is 0. The first-order valence-electron chi connectivity index (χ1n) is 32.6. The van der Waals surface area contributed by atoms with Gasteiger partial charge in [0.1, 0.15) is 13.2 Å². The summed E-state index contributed by atoms with van der Waals surface area (Å²) < 4.78 is 16.8. The lowest BCUT2D eigenvalue weighted by molar-refractivity contribution is -0.167. The molecule has 6 heteroatoms. The van der Waals surface area contributed by atoms with Crippen molar-refractivity contribution >= 4 is 17.9 Å². The van der Waals surface area contributed by atoms with Gasteiger partial charge in [-0.2, -0.15) is 0 Å². The van der Waals surface area contributed by atoms with E-state index in [1.54, 1.807) is 0 Å². The van der Waals surface area contributed by atoms with E-state index < -0.39 is 6.10 Å². The van der Waals surface area contributed by atoms with Gasteiger partial charge in [-0.1, -0.05) is 259 Å². The van der Waals surface area contributed by atoms with Crippen LogP contribution in [0.1, 0.15) is 239 Å². The number of carbonyl (C=O) groups excluding carboxylic acids is 3. The predicted octanol–water partition coefficient (Wildman–Crippen LogP) is 22.8. The van der Waals surface area contributed by atoms with Crippen LogP contribution in [0.3, 0.4) is 0 Å². The standard InChI is InChI=1S/C77H116O6/c1-4-7-10-13-16-19-22-25-27-29-31-32-33-34-35-36-37-38-39-40-41-42-43-44-46-47-49-52-55-58-61-64-67-70-76(79)82-73-74(72-81-75(78)69-66-63-60-57-54-51-24-21-18-15-12-9-6-3)83-77(80)71-68-65-62-59-56-53-50-48-45-30-28-26-23-20-17-14-11-8-5-2/h7-12,16-21,25-28,31-32,34-35,37-38,40-41,43-45,47-49,51,53-54,56,74H,4-6,13-15,22-24,29-30,33,36,39,42,46,50,52,55,57-73H2,1-3H3/b10-7-,11-8-,12-9-,19-16-,20-17-,21-18-,27-25-,28-26-,32-31-,35-34-,38-37-,41-40-,44-43-,48-45-,49-47-,54-51-,56-53-. The molecule has 0 heterocycles. The molecule has 0 rings (SSSR count). The summed E-state index contributed by atoms with van der Waals surface area (Å²) in [6.45, 7) is 6.21. The van der Waals surface area contributed by atoms with Crippen LogP contribution in [0.15, 0.2) is 207 Å². The van der Waals surface area contributed by atoms with E-state index >= 15 is 0 Å². The van der Waals surface area contributed by atoms with Gasteiger partial charge in [0.15, 0.2) is 6.10 Å². The van der Waals surface area contributed by atoms with Crippen LogP contribution in [0.2, 0.25) is 0 Å². The third kappa shape index (κ3) is 66.7. The highest BCUT2D eigenvalue weighted by molar-refractivity contribution is 5.71. The Hall–Kier alpha value is -6.01. The molecule has 1 unspecified atom stereocenters. The van der Waals surface area contributed by atoms with Gasteiger partial charge >= 0.3 is 17.9 Å². The lowest BCUT2D eigenvalue weighted by Gasteiger charge is -2.18. The molecule has 83 heavy (non-hydrogen) atoms. The minimum Gasteiger partial charge on any atom is -0.462 e. The number of ether oxygens (including phenoxy) is 3. The van der Waals surface area contributed by atoms with Crippen molar-refractivity contribution in [3.8, 4) is 0 Å². The molecule has 0 aliphatic carbocycles. The summed E-state index contributed by atoms with van der Waals surface area (Å²) in [6, 6.07) is 0. The largest absolute Gasteiger partial charge is 0.462 e. The van der Waals surface area contributed by atoms with Gasteiger partial charge in [-0.3, -0.25) is 14.4 Å². The molecule has 0 aliphatic heterocycles. The number of unbranched alkanes of at least 4 members (excludes halogenated alkanes) is 11. The Kier molecular flexibility index (Phi) is 63.5. The van der Waals surface area contributed by atoms with Gasteiger partial charge in [0.25, 0.3) is 0 Å². The predicted molar refractivity (Wildman–Crippen MR) is 361 cm³/mol. The Balaban J connectivity index is 4.44. The number of allylic oxidation sites excluding steroid dienone is 34. The Bertz CT molecular complexity index is 2030. The van der Waals surface area contributed by atoms with E-state index in [1.165, 1.54) is 0 Å². The van der Waals surface area contributed by atoms with Gasteiger partial charge in [-0.25, -0.2) is 0 Å². The van der Waals surface area contributed by atoms with E-state index in [4.69, 9.17) is 14.2 Å². The van der Waals surface area contributed by atoms with Gasteiger partial charge in [0.05, 0.1) is 0 Å². The molecule has 0 N–H and O–H groups in total. The minimum absolute atomic E-state index is 0.123. The van der Waals surface area contributed by atoms with Crippen molar-refractivity contribution in [2.24, 2.45) is 0 Å². The summed E-state index contributed by atoms with van der Waals surface area (Å²) in [6.07, 6.45) is 106. The summed E-state index contributed by atoms with van der Waals surface area (Å²) in [5.41, 5.74) is 0. The van der Waals surface area contributed by atoms with Crippen LogP contribution in [-0.4, -0.2) is 37.2 Å². The van der Waals surface area contributed by atoms with Crippen LogP contribution in [0, 0.1) is 0 Å². The van der Waals surface area contributed by atoms with E-state index in [2.05, 4.69) is 227 Å². The molecule has 0 fully saturated rings. The third-order valence-corrected chi connectivity index (χ3v) is 12.8. The molecule has 0 saturated carbocycles. The average Bonchev–Trinajstić information content (AvgIpc) is 3.49. The number of rotatable bonds is 56. The van der Waals surface area contributed by atoms with E-state index in [-0.39, 0.29) is 37.5 Å². The zero-order valence-corrected chi connectivity index (χ0v) is 52.6. The van der Waals surface area contributed by atoms with Crippen molar-refractivity contribution < 1.29 is 28.6 Å². The number of esters is 3. The van der Waals surface area contributed by atoms with E-state index in [0.717, 1.165) is 193 Å². The van der Waals surface area contributed by atoms with Crippen molar-refractivity contribution in [2.75, 3.05) is 13.2 Å². The molecule has 0 aromatic rings. The average molecular weight is 1140 g/mol. The van der Waals surface area contributed by atoms with Gasteiger partial charge in [-0.15, -0.1) is 0 Å². The maximum Gasteiger partial charge on any atom is 0.306 e. The highest BCUT2D eigenvalue weighted by atomic mass is 16.6. The first-order chi connectivity index (χ1) is 41.0. The van der Waals surface area contributed by atoms with Crippen molar-refractivity contribution in [3.63, 3.8) is 0 Å². The molecule has 6 nitrogen and oxygen atoms in total. The van der Waals surface area contributed by atoms with Crippen molar-refractivity contribution in [1.82, 2.24) is 0 Å². The zero-order valence-electron chi connectivity index (χ0n) is 52.6. The van der Waals surface area contributed by atoms with Crippen molar-refractivity contribution in [1.29, 1.82) is 0 Å². The first kappa shape index (κ1) is 77.0. The summed E-state index contributed by atoms with van der Waals surface area (Å²) in [4.78, 5) is 38.3. The summed E-state index contributed by atoms with van der Waals surface area (Å²) >= 11 is 0. The maximum atomic E-state index is 12.9. The Labute approximate surface area is 509 Å². The van der Waals surface area contributed by atoms with Gasteiger partial charge in [0.2, 0.25) is 0 Å². The van der Waals surface area contributed by atoms with E-state index in [0.29, 0.717) is 19.3 Å². The fourth-order valence-corrected chi connectivity index (χ4v) is 8.00. The van der Waals surface area contributed by atoms with Crippen molar-refractivity contribution in [2.45, 2.75) is 245 Å². The zero-order chi connectivity index (χ0) is 59.9. The topological polar surface area (TPSA) is 78.9 Å². The Morgan fingerprint density at radius 1 is 0.241 bits per heavy atom. The molecule has 0 saturated heterocycles. The highest BCUT2D eigenvalue weighted by Gasteiger charge is 2.19. The monoisotopic (exact) mass is 1140 g/mol. The summed E-state index contributed by atoms with van der Waals surface area (Å²) in [5, 5.41) is 0. The smallest absolute Gasteiger partial charge is 0.306 e. The second-order valence-corrected chi connectivity index (χ2v) is 20.5. The number of hydrogen-bond donors (Lipinski definition) is 0. The maximum absolute atomic E-state index is 12.9. The quantitative estimate of drug-likeness (QED) is 0.0261. The molecule has 0 radical (unpaired) electrons. The van der Waals surface area contributed by atoms with Crippen LogP contribution in [0.5, 0.6) is 0 Å². The second-order valence-electron chi connectivity index (χ2n) is 20.5. The van der Waals surface area contributed by atoms with E-state index in [1.807, 2.05) is 0 Å². The van der Waals surface area contributed by atoms with Crippen LogP contribution >= 0.6 is 0 Å². The molecule has 460 valence electrons. The second kappa shape index (κ2) is 68.5. The molecule has 0 aromatic heterocycles. The molecule has 1 atom stereocenters. The van der Waals surface area contributed by atoms with Crippen LogP contribution in [-0.2, 0) is 28.6 Å². The lowest BCUT2D eigenvalue weighted by atomic mass is 10.1. The van der Waals surface area contributed by atoms with Gasteiger partial charge in [-0.05, 0) is 167 Å². The van der Waals surface area contributed by atoms with Crippen molar-refractivity contribution in [3.05, 3.63) is 207 Å². The Morgan fingerprint density at radius 2 is 0.434 bits per heavy atom. The first-order valence-corrected chi connectivity index (χ1v) is 32.6. The molecule has 0 spiro atoms. The summed E-state index contributed by atoms with van der Waals surface area (Å²) in [5.74, 6) is -1.01.